The molecule has 3 aliphatic rings. The molecule has 2 nitrogen and oxygen atoms in total. The molecule has 2 atom stereocenters. The molecule has 1 aromatic carbocycles. The lowest BCUT2D eigenvalue weighted by Crippen LogP contribution is -2.53. The first-order chi connectivity index (χ1) is 9.61. The topological polar surface area (TPSA) is 35.2 Å². The molecule has 2 fully saturated rings. The summed E-state index contributed by atoms with van der Waals surface area (Å²) < 4.78 is 19.4. The third kappa shape index (κ3) is 1.76. The van der Waals surface area contributed by atoms with Crippen molar-refractivity contribution in [3.8, 4) is 0 Å². The summed E-state index contributed by atoms with van der Waals surface area (Å²) in [6, 6.07) is 5.15. The fourth-order valence-electron chi connectivity index (χ4n) is 4.51. The van der Waals surface area contributed by atoms with Crippen molar-refractivity contribution < 1.29 is 9.13 Å². The Balaban J connectivity index is 1.65. The van der Waals surface area contributed by atoms with E-state index in [0.717, 1.165) is 37.9 Å². The molecule has 2 N–H and O–H groups in total. The van der Waals surface area contributed by atoms with E-state index in [4.69, 9.17) is 10.5 Å². The van der Waals surface area contributed by atoms with Gasteiger partial charge in [-0.2, -0.15) is 0 Å². The minimum atomic E-state index is -0.268. The molecule has 2 aliphatic carbocycles. The molecule has 20 heavy (non-hydrogen) atoms. The molecule has 4 rings (SSSR count). The van der Waals surface area contributed by atoms with Crippen LogP contribution < -0.4 is 5.73 Å². The molecule has 108 valence electrons. The largest absolute Gasteiger partial charge is 0.375 e. The maximum absolute atomic E-state index is 13.4. The highest BCUT2D eigenvalue weighted by atomic mass is 19.1. The van der Waals surface area contributed by atoms with E-state index in [1.165, 1.54) is 24.8 Å². The van der Waals surface area contributed by atoms with E-state index in [-0.39, 0.29) is 17.0 Å². The third-order valence-corrected chi connectivity index (χ3v) is 5.86. The first kappa shape index (κ1) is 12.8. The number of fused-ring (bicyclic) bond motifs is 1. The van der Waals surface area contributed by atoms with Gasteiger partial charge in [-0.1, -0.05) is 6.07 Å². The van der Waals surface area contributed by atoms with E-state index >= 15 is 0 Å². The Morgan fingerprint density at radius 3 is 2.85 bits per heavy atom. The first-order valence-corrected chi connectivity index (χ1v) is 7.83. The van der Waals surface area contributed by atoms with Gasteiger partial charge in [-0.15, -0.1) is 0 Å². The smallest absolute Gasteiger partial charge is 0.123 e. The van der Waals surface area contributed by atoms with Crippen molar-refractivity contribution in [3.05, 3.63) is 35.1 Å². The summed E-state index contributed by atoms with van der Waals surface area (Å²) in [7, 11) is 0. The second kappa shape index (κ2) is 4.28. The van der Waals surface area contributed by atoms with Crippen molar-refractivity contribution in [1.29, 1.82) is 0 Å². The second-order valence-corrected chi connectivity index (χ2v) is 6.92. The molecule has 1 saturated carbocycles. The Bertz CT molecular complexity index is 540. The Kier molecular flexibility index (Phi) is 2.74. The average Bonchev–Trinajstić information content (AvgIpc) is 2.75. The number of rotatable bonds is 1. The zero-order valence-electron chi connectivity index (χ0n) is 11.8. The maximum atomic E-state index is 13.4. The van der Waals surface area contributed by atoms with Gasteiger partial charge in [0.25, 0.3) is 0 Å². The summed E-state index contributed by atoms with van der Waals surface area (Å²) in [5.74, 6) is 0.332. The highest BCUT2D eigenvalue weighted by Gasteiger charge is 2.50. The molecule has 3 heteroatoms. The van der Waals surface area contributed by atoms with E-state index in [1.54, 1.807) is 12.1 Å². The van der Waals surface area contributed by atoms with Crippen LogP contribution in [0.1, 0.15) is 49.7 Å². The van der Waals surface area contributed by atoms with Crippen LogP contribution >= 0.6 is 0 Å². The van der Waals surface area contributed by atoms with Gasteiger partial charge in [0.2, 0.25) is 0 Å². The molecule has 1 saturated heterocycles. The number of halogens is 1. The standard InChI is InChI=1S/C17H22FNO/c18-14-2-3-15-12(10-14)4-8-17(15,19)13-5-9-20-16(11-13)6-1-7-16/h2-3,10,13H,1,4-9,11,19H2. The normalized spacial score (nSPS) is 34.8. The molecule has 1 heterocycles. The second-order valence-electron chi connectivity index (χ2n) is 6.92. The average molecular weight is 275 g/mol. The van der Waals surface area contributed by atoms with Crippen molar-refractivity contribution >= 4 is 0 Å². The fourth-order valence-corrected chi connectivity index (χ4v) is 4.51. The number of hydrogen-bond donors (Lipinski definition) is 1. The van der Waals surface area contributed by atoms with Gasteiger partial charge >= 0.3 is 0 Å². The zero-order chi connectivity index (χ0) is 13.8. The lowest BCUT2D eigenvalue weighted by Gasteiger charge is -2.51. The van der Waals surface area contributed by atoms with Crippen molar-refractivity contribution in [1.82, 2.24) is 0 Å². The van der Waals surface area contributed by atoms with Gasteiger partial charge in [0.1, 0.15) is 5.82 Å². The van der Waals surface area contributed by atoms with Gasteiger partial charge in [-0.05, 0) is 74.1 Å². The quantitative estimate of drug-likeness (QED) is 0.853. The number of nitrogens with two attached hydrogens (primary N) is 1. The molecule has 0 radical (unpaired) electrons. The van der Waals surface area contributed by atoms with Crippen LogP contribution in [-0.2, 0) is 16.7 Å². The summed E-state index contributed by atoms with van der Waals surface area (Å²) in [6.45, 7) is 0.833. The molecule has 2 unspecified atom stereocenters. The Morgan fingerprint density at radius 1 is 1.25 bits per heavy atom. The van der Waals surface area contributed by atoms with E-state index in [0.29, 0.717) is 5.92 Å². The van der Waals surface area contributed by atoms with Crippen molar-refractivity contribution in [2.45, 2.75) is 56.1 Å². The van der Waals surface area contributed by atoms with Crippen LogP contribution in [0.4, 0.5) is 4.39 Å². The first-order valence-electron chi connectivity index (χ1n) is 7.83. The Morgan fingerprint density at radius 2 is 2.10 bits per heavy atom. The molecule has 1 aliphatic heterocycles. The molecule has 0 aromatic heterocycles. The van der Waals surface area contributed by atoms with Gasteiger partial charge in [0.15, 0.2) is 0 Å². The number of benzene rings is 1. The van der Waals surface area contributed by atoms with E-state index in [2.05, 4.69) is 0 Å². The van der Waals surface area contributed by atoms with Crippen LogP contribution in [0.15, 0.2) is 18.2 Å². The van der Waals surface area contributed by atoms with Crippen LogP contribution in [0, 0.1) is 11.7 Å². The molecule has 1 spiro atoms. The monoisotopic (exact) mass is 275 g/mol. The molecule has 1 aromatic rings. The third-order valence-electron chi connectivity index (χ3n) is 5.86. The van der Waals surface area contributed by atoms with Gasteiger partial charge in [0.05, 0.1) is 5.60 Å². The van der Waals surface area contributed by atoms with Crippen LogP contribution in [0.2, 0.25) is 0 Å². The van der Waals surface area contributed by atoms with E-state index in [1.807, 2.05) is 6.07 Å². The SMILES string of the molecule is NC1(C2CCOC3(CCC3)C2)CCc2cc(F)ccc21. The van der Waals surface area contributed by atoms with Crippen molar-refractivity contribution in [3.63, 3.8) is 0 Å². The number of hydrogen-bond acceptors (Lipinski definition) is 2. The van der Waals surface area contributed by atoms with Gasteiger partial charge in [-0.3, -0.25) is 0 Å². The number of ether oxygens (including phenoxy) is 1. The Labute approximate surface area is 119 Å². The molecule has 0 amide bonds. The van der Waals surface area contributed by atoms with Crippen LogP contribution in [0.3, 0.4) is 0 Å². The van der Waals surface area contributed by atoms with Gasteiger partial charge < -0.3 is 10.5 Å². The predicted molar refractivity (Wildman–Crippen MR) is 75.8 cm³/mol. The summed E-state index contributed by atoms with van der Waals surface area (Å²) in [5.41, 5.74) is 8.97. The summed E-state index contributed by atoms with van der Waals surface area (Å²) >= 11 is 0. The van der Waals surface area contributed by atoms with Gasteiger partial charge in [-0.25, -0.2) is 4.39 Å². The lowest BCUT2D eigenvalue weighted by atomic mass is 9.65. The lowest BCUT2D eigenvalue weighted by molar-refractivity contribution is -0.152. The van der Waals surface area contributed by atoms with Crippen LogP contribution in [0.25, 0.3) is 0 Å². The minimum Gasteiger partial charge on any atom is -0.375 e. The highest BCUT2D eigenvalue weighted by molar-refractivity contribution is 5.39. The summed E-state index contributed by atoms with van der Waals surface area (Å²) in [5, 5.41) is 0. The summed E-state index contributed by atoms with van der Waals surface area (Å²) in [6.07, 6.45) is 7.65. The molecular formula is C17H22FNO. The van der Waals surface area contributed by atoms with E-state index in [9.17, 15) is 4.39 Å². The van der Waals surface area contributed by atoms with Crippen molar-refractivity contribution in [2.24, 2.45) is 11.7 Å². The number of aryl methyl sites for hydroxylation is 1. The Hall–Kier alpha value is -0.930. The van der Waals surface area contributed by atoms with Crippen LogP contribution in [-0.4, -0.2) is 12.2 Å². The predicted octanol–water partition coefficient (Wildman–Crippen LogP) is 3.28. The maximum Gasteiger partial charge on any atom is 0.123 e. The molecular weight excluding hydrogens is 253 g/mol. The highest BCUT2D eigenvalue weighted by Crippen LogP contribution is 2.51. The van der Waals surface area contributed by atoms with Crippen molar-refractivity contribution in [2.75, 3.05) is 6.61 Å². The van der Waals surface area contributed by atoms with Crippen LogP contribution in [0.5, 0.6) is 0 Å². The summed E-state index contributed by atoms with van der Waals surface area (Å²) in [4.78, 5) is 0. The fraction of sp³-hybridized carbons (Fsp3) is 0.647. The van der Waals surface area contributed by atoms with E-state index < -0.39 is 0 Å². The zero-order valence-corrected chi connectivity index (χ0v) is 11.8. The molecule has 0 bridgehead atoms. The minimum absolute atomic E-state index is 0.123. The van der Waals surface area contributed by atoms with Gasteiger partial charge in [0, 0.05) is 12.1 Å².